The zero-order chi connectivity index (χ0) is 26.1. The van der Waals surface area contributed by atoms with Crippen LogP contribution in [0.25, 0.3) is 0 Å². The summed E-state index contributed by atoms with van der Waals surface area (Å²) >= 11 is 5.86. The van der Waals surface area contributed by atoms with Gasteiger partial charge < -0.3 is 31.7 Å². The predicted molar refractivity (Wildman–Crippen MR) is 132 cm³/mol. The number of benzene rings is 1. The number of nitrogens with two attached hydrogens (primary N) is 2. The molecule has 0 bridgehead atoms. The summed E-state index contributed by atoms with van der Waals surface area (Å²) in [5.74, 6) is -2.67. The molecule has 1 rings (SSSR count). The highest BCUT2D eigenvalue weighted by atomic mass is 79.9. The van der Waals surface area contributed by atoms with Crippen molar-refractivity contribution in [3.8, 4) is 0 Å². The zero-order valence-corrected chi connectivity index (χ0v) is 22.2. The molecule has 7 N–H and O–H groups in total. The average molecular weight is 599 g/mol. The minimum Gasteiger partial charge on any atom is -0.480 e. The molecule has 0 aliphatic carbocycles. The van der Waals surface area contributed by atoms with E-state index < -0.39 is 39.7 Å². The number of methoxy groups -OCH3 is 1. The van der Waals surface area contributed by atoms with Gasteiger partial charge in [-0.2, -0.15) is 0 Å². The number of amides is 1. The van der Waals surface area contributed by atoms with Crippen molar-refractivity contribution in [2.24, 2.45) is 17.4 Å². The Kier molecular flexibility index (Phi) is 18.5. The van der Waals surface area contributed by atoms with E-state index in [4.69, 9.17) is 21.7 Å². The van der Waals surface area contributed by atoms with Gasteiger partial charge in [0.15, 0.2) is 0 Å². The van der Waals surface area contributed by atoms with E-state index >= 15 is 0 Å². The quantitative estimate of drug-likeness (QED) is 0.209. The number of hydrogen-bond acceptors (Lipinski definition) is 7. The number of carbonyl (C=O) groups is 4. The molecule has 33 heavy (non-hydrogen) atoms. The second-order valence-corrected chi connectivity index (χ2v) is 10.00. The van der Waals surface area contributed by atoms with Crippen molar-refractivity contribution in [1.82, 2.24) is 5.32 Å². The number of hydrogen-bond donors (Lipinski definition) is 5. The van der Waals surface area contributed by atoms with Crippen molar-refractivity contribution in [3.63, 3.8) is 0 Å². The molecule has 0 aromatic heterocycles. The van der Waals surface area contributed by atoms with E-state index in [9.17, 15) is 19.2 Å². The van der Waals surface area contributed by atoms with Crippen LogP contribution in [-0.4, -0.2) is 63.0 Å². The Hall–Kier alpha value is -2.02. The number of alkyl halides is 2. The first kappa shape index (κ1) is 33.2. The lowest BCUT2D eigenvalue weighted by Gasteiger charge is -2.11. The molecule has 188 valence electrons. The smallest absolute Gasteiger partial charge is 0.325 e. The standard InChI is InChI=1S/C10H13NO2.C6H13NO2.C5H7Br2NO3/c1-13-10(12)9(11)7-8-5-3-2-4-6-8;1-3-4(2)5(7)6(8)9;1-2(5(10)11)8-4(9)3(6)7/h2-6,9H,7,11H2,1H3;4-5H,3,7H2,1-2H3,(H,8,9);2-3H,1H3,(H,8,9)(H,10,11). The van der Waals surface area contributed by atoms with Gasteiger partial charge in [0, 0.05) is 0 Å². The molecule has 12 heteroatoms. The third-order valence-electron chi connectivity index (χ3n) is 4.27. The fourth-order valence-corrected chi connectivity index (χ4v) is 2.20. The van der Waals surface area contributed by atoms with Crippen molar-refractivity contribution in [2.45, 2.75) is 55.5 Å². The van der Waals surface area contributed by atoms with Crippen LogP contribution in [0.5, 0.6) is 0 Å². The molecule has 0 saturated carbocycles. The number of carboxylic acid groups (broad SMARTS) is 2. The van der Waals surface area contributed by atoms with E-state index in [1.54, 1.807) is 0 Å². The molecular weight excluding hydrogens is 566 g/mol. The van der Waals surface area contributed by atoms with Gasteiger partial charge in [-0.3, -0.25) is 19.2 Å². The Morgan fingerprint density at radius 1 is 1.03 bits per heavy atom. The molecule has 4 unspecified atom stereocenters. The Morgan fingerprint density at radius 2 is 1.55 bits per heavy atom. The molecule has 0 fully saturated rings. The fraction of sp³-hybridized carbons (Fsp3) is 0.524. The minimum absolute atomic E-state index is 0.0718. The second kappa shape index (κ2) is 18.4. The number of halogens is 2. The summed E-state index contributed by atoms with van der Waals surface area (Å²) in [7, 11) is 1.34. The van der Waals surface area contributed by atoms with E-state index in [1.165, 1.54) is 14.0 Å². The molecule has 0 radical (unpaired) electrons. The van der Waals surface area contributed by atoms with Gasteiger partial charge in [0.05, 0.1) is 7.11 Å². The van der Waals surface area contributed by atoms with Gasteiger partial charge in [-0.05, 0) is 24.8 Å². The molecule has 1 aromatic carbocycles. The lowest BCUT2D eigenvalue weighted by atomic mass is 10.0. The molecule has 0 spiro atoms. The first-order chi connectivity index (χ1) is 15.3. The highest BCUT2D eigenvalue weighted by molar-refractivity contribution is 9.25. The van der Waals surface area contributed by atoms with Crippen molar-refractivity contribution >= 4 is 55.7 Å². The summed E-state index contributed by atoms with van der Waals surface area (Å²) in [6, 6.07) is 7.50. The van der Waals surface area contributed by atoms with Gasteiger partial charge in [0.25, 0.3) is 0 Å². The van der Waals surface area contributed by atoms with Crippen LogP contribution in [0.4, 0.5) is 0 Å². The summed E-state index contributed by atoms with van der Waals surface area (Å²) in [5.41, 5.74) is 11.9. The summed E-state index contributed by atoms with van der Waals surface area (Å²) < 4.78 is 3.98. The van der Waals surface area contributed by atoms with Crippen molar-refractivity contribution in [3.05, 3.63) is 35.9 Å². The van der Waals surface area contributed by atoms with Gasteiger partial charge in [0.1, 0.15) is 21.9 Å². The van der Waals surface area contributed by atoms with Gasteiger partial charge in [0.2, 0.25) is 5.91 Å². The number of aliphatic carboxylic acids is 2. The van der Waals surface area contributed by atoms with Crippen LogP contribution < -0.4 is 16.8 Å². The molecule has 0 heterocycles. The first-order valence-corrected chi connectivity index (χ1v) is 11.8. The molecule has 10 nitrogen and oxygen atoms in total. The molecule has 0 saturated heterocycles. The van der Waals surface area contributed by atoms with Crippen LogP contribution >= 0.6 is 31.9 Å². The van der Waals surface area contributed by atoms with Crippen LogP contribution in [0.15, 0.2) is 30.3 Å². The monoisotopic (exact) mass is 597 g/mol. The Balaban J connectivity index is 0. The van der Waals surface area contributed by atoms with Gasteiger partial charge in [-0.25, -0.2) is 0 Å². The SMILES string of the molecule is CC(NC(=O)C(Br)Br)C(=O)O.CCC(C)C(N)C(=O)O.COC(=O)C(N)Cc1ccccc1. The molecule has 0 aliphatic rings. The van der Waals surface area contributed by atoms with Gasteiger partial charge in [-0.15, -0.1) is 0 Å². The maximum Gasteiger partial charge on any atom is 0.325 e. The van der Waals surface area contributed by atoms with Crippen LogP contribution in [-0.2, 0) is 30.3 Å². The topological polar surface area (TPSA) is 182 Å². The summed E-state index contributed by atoms with van der Waals surface area (Å²) in [5, 5.41) is 19.0. The van der Waals surface area contributed by atoms with Crippen LogP contribution in [0.1, 0.15) is 32.8 Å². The maximum absolute atomic E-state index is 11.0. The zero-order valence-electron chi connectivity index (χ0n) is 19.0. The van der Waals surface area contributed by atoms with E-state index in [-0.39, 0.29) is 11.9 Å². The van der Waals surface area contributed by atoms with Crippen LogP contribution in [0.3, 0.4) is 0 Å². The van der Waals surface area contributed by atoms with E-state index in [0.717, 1.165) is 12.0 Å². The third-order valence-corrected chi connectivity index (χ3v) is 5.10. The van der Waals surface area contributed by atoms with E-state index in [0.29, 0.717) is 6.42 Å². The lowest BCUT2D eigenvalue weighted by molar-refractivity contribution is -0.142. The molecule has 0 aliphatic heterocycles. The van der Waals surface area contributed by atoms with E-state index in [2.05, 4.69) is 41.9 Å². The predicted octanol–water partition coefficient (Wildman–Crippen LogP) is 1.87. The fourth-order valence-electron chi connectivity index (χ4n) is 1.94. The highest BCUT2D eigenvalue weighted by Gasteiger charge is 2.18. The first-order valence-electron chi connectivity index (χ1n) is 9.95. The summed E-state index contributed by atoms with van der Waals surface area (Å²) in [6.07, 6.45) is 1.33. The van der Waals surface area contributed by atoms with Crippen molar-refractivity contribution in [1.29, 1.82) is 0 Å². The van der Waals surface area contributed by atoms with Crippen molar-refractivity contribution < 1.29 is 34.1 Å². The largest absolute Gasteiger partial charge is 0.480 e. The Morgan fingerprint density at radius 3 is 1.88 bits per heavy atom. The maximum atomic E-state index is 11.0. The molecular formula is C21H33Br2N3O7. The van der Waals surface area contributed by atoms with Gasteiger partial charge in [-0.1, -0.05) is 82.5 Å². The number of carbonyl (C=O) groups excluding carboxylic acids is 2. The Labute approximate surface area is 210 Å². The number of nitrogens with one attached hydrogen (secondary N) is 1. The average Bonchev–Trinajstić information content (AvgIpc) is 2.78. The van der Waals surface area contributed by atoms with Gasteiger partial charge >= 0.3 is 17.9 Å². The number of ether oxygens (including phenoxy) is 1. The highest BCUT2D eigenvalue weighted by Crippen LogP contribution is 2.07. The van der Waals surface area contributed by atoms with E-state index in [1.807, 2.05) is 44.2 Å². The number of esters is 1. The molecule has 4 atom stereocenters. The second-order valence-electron chi connectivity index (χ2n) is 6.94. The number of rotatable bonds is 9. The van der Waals surface area contributed by atoms with Crippen LogP contribution in [0.2, 0.25) is 0 Å². The lowest BCUT2D eigenvalue weighted by Crippen LogP contribution is -2.40. The molecule has 1 amide bonds. The van der Waals surface area contributed by atoms with Crippen LogP contribution in [0, 0.1) is 5.92 Å². The summed E-state index contributed by atoms with van der Waals surface area (Å²) in [4.78, 5) is 42.1. The molecule has 1 aromatic rings. The minimum atomic E-state index is -1.06. The summed E-state index contributed by atoms with van der Waals surface area (Å²) in [6.45, 7) is 5.15. The normalized spacial score (nSPS) is 13.6. The Bertz CT molecular complexity index is 736. The third kappa shape index (κ3) is 16.3. The number of carboxylic acids is 2. The van der Waals surface area contributed by atoms with Crippen molar-refractivity contribution in [2.75, 3.05) is 7.11 Å².